The molecule has 120 valence electrons. The van der Waals surface area contributed by atoms with Gasteiger partial charge in [-0.25, -0.2) is 4.98 Å². The SMILES string of the molecule is Nc1ccc(-c2nc(C(=O)Nc3ccc4c(c3)OCO4)co2)cc1. The number of amides is 1. The first-order chi connectivity index (χ1) is 11.7. The largest absolute Gasteiger partial charge is 0.454 e. The third-order valence-corrected chi connectivity index (χ3v) is 3.52. The van der Waals surface area contributed by atoms with E-state index in [-0.39, 0.29) is 18.4 Å². The van der Waals surface area contributed by atoms with E-state index in [0.29, 0.717) is 28.8 Å². The molecule has 0 saturated heterocycles. The molecular weight excluding hydrogens is 310 g/mol. The summed E-state index contributed by atoms with van der Waals surface area (Å²) in [5, 5.41) is 2.74. The predicted octanol–water partition coefficient (Wildman–Crippen LogP) is 2.90. The fraction of sp³-hybridized carbons (Fsp3) is 0.0588. The first-order valence-electron chi connectivity index (χ1n) is 7.21. The van der Waals surface area contributed by atoms with Crippen LogP contribution in [-0.2, 0) is 0 Å². The van der Waals surface area contributed by atoms with Gasteiger partial charge in [-0.2, -0.15) is 0 Å². The molecule has 3 aromatic rings. The second-order valence-electron chi connectivity index (χ2n) is 5.18. The van der Waals surface area contributed by atoms with Gasteiger partial charge in [0.2, 0.25) is 12.7 Å². The van der Waals surface area contributed by atoms with Crippen LogP contribution in [0, 0.1) is 0 Å². The minimum atomic E-state index is -0.376. The van der Waals surface area contributed by atoms with Crippen LogP contribution in [0.15, 0.2) is 53.1 Å². The zero-order chi connectivity index (χ0) is 16.5. The number of nitrogen functional groups attached to an aromatic ring is 1. The van der Waals surface area contributed by atoms with Crippen molar-refractivity contribution in [1.82, 2.24) is 4.98 Å². The summed E-state index contributed by atoms with van der Waals surface area (Å²) in [6.45, 7) is 0.182. The highest BCUT2D eigenvalue weighted by Gasteiger charge is 2.17. The molecule has 1 aliphatic heterocycles. The van der Waals surface area contributed by atoms with Crippen LogP contribution in [0.25, 0.3) is 11.5 Å². The van der Waals surface area contributed by atoms with E-state index in [1.165, 1.54) is 6.26 Å². The van der Waals surface area contributed by atoms with Gasteiger partial charge in [0.25, 0.3) is 5.91 Å². The lowest BCUT2D eigenvalue weighted by atomic mass is 10.2. The third kappa shape index (κ3) is 2.63. The molecule has 4 rings (SSSR count). The van der Waals surface area contributed by atoms with Crippen LogP contribution in [-0.4, -0.2) is 17.7 Å². The topological polar surface area (TPSA) is 99.6 Å². The van der Waals surface area contributed by atoms with Crippen LogP contribution in [0.5, 0.6) is 11.5 Å². The molecule has 1 aromatic heterocycles. The molecule has 0 aliphatic carbocycles. The molecule has 2 aromatic carbocycles. The standard InChI is InChI=1S/C17H13N3O4/c18-11-3-1-10(2-4-11)17-20-13(8-22-17)16(21)19-12-5-6-14-15(7-12)24-9-23-14/h1-8H,9,18H2,(H,19,21). The maximum atomic E-state index is 12.3. The average molecular weight is 323 g/mol. The Morgan fingerprint density at radius 3 is 2.71 bits per heavy atom. The number of hydrogen-bond acceptors (Lipinski definition) is 6. The number of oxazole rings is 1. The number of aromatic nitrogens is 1. The highest BCUT2D eigenvalue weighted by Crippen LogP contribution is 2.34. The van der Waals surface area contributed by atoms with E-state index in [4.69, 9.17) is 19.6 Å². The molecule has 7 nitrogen and oxygen atoms in total. The maximum Gasteiger partial charge on any atom is 0.277 e. The van der Waals surface area contributed by atoms with E-state index in [1.54, 1.807) is 42.5 Å². The van der Waals surface area contributed by atoms with E-state index in [9.17, 15) is 4.79 Å². The van der Waals surface area contributed by atoms with Crippen molar-refractivity contribution in [3.8, 4) is 23.0 Å². The van der Waals surface area contributed by atoms with Gasteiger partial charge in [0, 0.05) is 23.0 Å². The zero-order valence-corrected chi connectivity index (χ0v) is 12.5. The molecule has 0 fully saturated rings. The number of benzene rings is 2. The van der Waals surface area contributed by atoms with Gasteiger partial charge in [0.1, 0.15) is 6.26 Å². The minimum absolute atomic E-state index is 0.180. The quantitative estimate of drug-likeness (QED) is 0.719. The molecule has 0 radical (unpaired) electrons. The monoisotopic (exact) mass is 323 g/mol. The highest BCUT2D eigenvalue weighted by molar-refractivity contribution is 6.03. The first kappa shape index (κ1) is 14.1. The number of nitrogens with one attached hydrogen (secondary N) is 1. The van der Waals surface area contributed by atoms with E-state index in [2.05, 4.69) is 10.3 Å². The van der Waals surface area contributed by atoms with Crippen molar-refractivity contribution < 1.29 is 18.7 Å². The Labute approximate surface area is 137 Å². The predicted molar refractivity (Wildman–Crippen MR) is 86.9 cm³/mol. The van der Waals surface area contributed by atoms with Gasteiger partial charge in [0.05, 0.1) is 0 Å². The number of fused-ring (bicyclic) bond motifs is 1. The lowest BCUT2D eigenvalue weighted by Gasteiger charge is -2.03. The lowest BCUT2D eigenvalue weighted by Crippen LogP contribution is -2.12. The number of anilines is 2. The van der Waals surface area contributed by atoms with Crippen LogP contribution in [0.3, 0.4) is 0 Å². The molecule has 1 aliphatic rings. The van der Waals surface area contributed by atoms with Gasteiger partial charge in [0.15, 0.2) is 17.2 Å². The fourth-order valence-electron chi connectivity index (χ4n) is 2.31. The summed E-state index contributed by atoms with van der Waals surface area (Å²) in [6.07, 6.45) is 1.31. The van der Waals surface area contributed by atoms with Gasteiger partial charge < -0.3 is 24.9 Å². The number of nitrogens with two attached hydrogens (primary N) is 1. The van der Waals surface area contributed by atoms with E-state index < -0.39 is 0 Å². The first-order valence-corrected chi connectivity index (χ1v) is 7.21. The summed E-state index contributed by atoms with van der Waals surface area (Å²) in [5.41, 5.74) is 7.80. The Morgan fingerprint density at radius 1 is 1.08 bits per heavy atom. The lowest BCUT2D eigenvalue weighted by molar-refractivity contribution is 0.102. The summed E-state index contributed by atoms with van der Waals surface area (Å²) in [6, 6.07) is 12.2. The van der Waals surface area contributed by atoms with Crippen molar-refractivity contribution in [3.63, 3.8) is 0 Å². The van der Waals surface area contributed by atoms with Crippen LogP contribution < -0.4 is 20.5 Å². The molecule has 0 unspecified atom stereocenters. The number of ether oxygens (including phenoxy) is 2. The summed E-state index contributed by atoms with van der Waals surface area (Å²) in [5.74, 6) is 1.22. The van der Waals surface area contributed by atoms with Crippen LogP contribution in [0.1, 0.15) is 10.5 Å². The van der Waals surface area contributed by atoms with Crippen LogP contribution in [0.2, 0.25) is 0 Å². The van der Waals surface area contributed by atoms with Gasteiger partial charge in [-0.15, -0.1) is 0 Å². The number of rotatable bonds is 3. The molecule has 2 heterocycles. The molecule has 0 saturated carbocycles. The maximum absolute atomic E-state index is 12.3. The molecule has 3 N–H and O–H groups in total. The Bertz CT molecular complexity index is 902. The van der Waals surface area contributed by atoms with Gasteiger partial charge in [-0.3, -0.25) is 4.79 Å². The van der Waals surface area contributed by atoms with Crippen molar-refractivity contribution >= 4 is 17.3 Å². The Balaban J connectivity index is 1.52. The Hall–Kier alpha value is -3.48. The van der Waals surface area contributed by atoms with E-state index >= 15 is 0 Å². The second-order valence-corrected chi connectivity index (χ2v) is 5.18. The van der Waals surface area contributed by atoms with E-state index in [1.807, 2.05) is 0 Å². The second kappa shape index (κ2) is 5.62. The zero-order valence-electron chi connectivity index (χ0n) is 12.5. The Morgan fingerprint density at radius 2 is 1.88 bits per heavy atom. The molecule has 0 bridgehead atoms. The fourth-order valence-corrected chi connectivity index (χ4v) is 2.31. The molecule has 0 atom stereocenters. The van der Waals surface area contributed by atoms with Crippen LogP contribution in [0.4, 0.5) is 11.4 Å². The van der Waals surface area contributed by atoms with Gasteiger partial charge in [-0.1, -0.05) is 0 Å². The third-order valence-electron chi connectivity index (χ3n) is 3.52. The molecule has 1 amide bonds. The van der Waals surface area contributed by atoms with Gasteiger partial charge in [-0.05, 0) is 36.4 Å². The number of hydrogen-bond donors (Lipinski definition) is 2. The van der Waals surface area contributed by atoms with Crippen molar-refractivity contribution in [3.05, 3.63) is 54.4 Å². The number of carbonyl (C=O) groups is 1. The summed E-state index contributed by atoms with van der Waals surface area (Å²) < 4.78 is 15.9. The summed E-state index contributed by atoms with van der Waals surface area (Å²) in [4.78, 5) is 16.5. The van der Waals surface area contributed by atoms with Crippen molar-refractivity contribution in [2.45, 2.75) is 0 Å². The van der Waals surface area contributed by atoms with Crippen molar-refractivity contribution in [2.24, 2.45) is 0 Å². The van der Waals surface area contributed by atoms with E-state index in [0.717, 1.165) is 5.56 Å². The summed E-state index contributed by atoms with van der Waals surface area (Å²) >= 11 is 0. The molecule has 7 heteroatoms. The highest BCUT2D eigenvalue weighted by atomic mass is 16.7. The van der Waals surface area contributed by atoms with Gasteiger partial charge >= 0.3 is 0 Å². The van der Waals surface area contributed by atoms with Crippen LogP contribution >= 0.6 is 0 Å². The summed E-state index contributed by atoms with van der Waals surface area (Å²) in [7, 11) is 0. The number of carbonyl (C=O) groups excluding carboxylic acids is 1. The molecule has 24 heavy (non-hydrogen) atoms. The smallest absolute Gasteiger partial charge is 0.277 e. The molecular formula is C17H13N3O4. The normalized spacial score (nSPS) is 12.2. The number of nitrogens with zero attached hydrogens (tertiary/aromatic N) is 1. The van der Waals surface area contributed by atoms with Crippen molar-refractivity contribution in [2.75, 3.05) is 17.8 Å². The molecule has 0 spiro atoms. The van der Waals surface area contributed by atoms with Crippen molar-refractivity contribution in [1.29, 1.82) is 0 Å². The Kier molecular flexibility index (Phi) is 3.31. The minimum Gasteiger partial charge on any atom is -0.454 e. The average Bonchev–Trinajstić information content (AvgIpc) is 3.24.